The molecule has 2 aromatic rings. The molecular formula is C14H14N4O. The highest BCUT2D eigenvalue weighted by Crippen LogP contribution is 2.21. The van der Waals surface area contributed by atoms with Crippen LogP contribution in [0.1, 0.15) is 36.7 Å². The van der Waals surface area contributed by atoms with E-state index in [1.165, 1.54) is 6.42 Å². The standard InChI is InChI=1S/C14H14N4O/c15-10-11(9-12-5-4-8-19-12)14-17-16-13-6-2-1-3-7-18(13)14/h4-5,8-9H,1-3,6-7H2/b11-9+. The van der Waals surface area contributed by atoms with Crippen LogP contribution < -0.4 is 0 Å². The van der Waals surface area contributed by atoms with Gasteiger partial charge in [0.25, 0.3) is 0 Å². The Morgan fingerprint density at radius 1 is 1.37 bits per heavy atom. The molecule has 19 heavy (non-hydrogen) atoms. The molecule has 0 amide bonds. The SMILES string of the molecule is N#C/C(=C\c1ccco1)c1nnc2n1CCCCC2. The molecule has 0 aliphatic carbocycles. The molecule has 0 saturated carbocycles. The predicted octanol–water partition coefficient (Wildman–Crippen LogP) is 2.66. The van der Waals surface area contributed by atoms with Crippen LogP contribution in [0.15, 0.2) is 22.8 Å². The summed E-state index contributed by atoms with van der Waals surface area (Å²) in [6.45, 7) is 0.884. The summed E-state index contributed by atoms with van der Waals surface area (Å²) in [5, 5.41) is 17.7. The molecule has 0 saturated heterocycles. The molecule has 0 spiro atoms. The number of fused-ring (bicyclic) bond motifs is 1. The molecule has 0 bridgehead atoms. The van der Waals surface area contributed by atoms with Crippen LogP contribution in [0.25, 0.3) is 11.6 Å². The van der Waals surface area contributed by atoms with Crippen LogP contribution in [0.2, 0.25) is 0 Å². The Balaban J connectivity index is 2.01. The molecule has 0 atom stereocenters. The molecule has 5 nitrogen and oxygen atoms in total. The molecule has 0 fully saturated rings. The van der Waals surface area contributed by atoms with Gasteiger partial charge in [0.1, 0.15) is 23.2 Å². The molecule has 0 radical (unpaired) electrons. The van der Waals surface area contributed by atoms with Gasteiger partial charge in [-0.3, -0.25) is 0 Å². The fourth-order valence-electron chi connectivity index (χ4n) is 2.35. The van der Waals surface area contributed by atoms with Crippen LogP contribution in [0.3, 0.4) is 0 Å². The van der Waals surface area contributed by atoms with Gasteiger partial charge in [-0.05, 0) is 25.0 Å². The lowest BCUT2D eigenvalue weighted by Crippen LogP contribution is -2.05. The summed E-state index contributed by atoms with van der Waals surface area (Å²) in [7, 11) is 0. The maximum Gasteiger partial charge on any atom is 0.174 e. The average molecular weight is 254 g/mol. The van der Waals surface area contributed by atoms with Gasteiger partial charge in [0.05, 0.1) is 6.26 Å². The van der Waals surface area contributed by atoms with E-state index in [0.717, 1.165) is 31.6 Å². The van der Waals surface area contributed by atoms with Crippen molar-refractivity contribution in [3.8, 4) is 6.07 Å². The molecule has 0 N–H and O–H groups in total. The van der Waals surface area contributed by atoms with Gasteiger partial charge in [-0.2, -0.15) is 5.26 Å². The number of aryl methyl sites for hydroxylation is 1. The van der Waals surface area contributed by atoms with Gasteiger partial charge >= 0.3 is 0 Å². The van der Waals surface area contributed by atoms with Crippen LogP contribution in [-0.2, 0) is 13.0 Å². The summed E-state index contributed by atoms with van der Waals surface area (Å²) < 4.78 is 7.31. The van der Waals surface area contributed by atoms with Gasteiger partial charge < -0.3 is 8.98 Å². The minimum atomic E-state index is 0.496. The number of nitriles is 1. The van der Waals surface area contributed by atoms with Gasteiger partial charge in [-0.15, -0.1) is 10.2 Å². The summed E-state index contributed by atoms with van der Waals surface area (Å²) in [6.07, 6.45) is 7.69. The number of furan rings is 1. The summed E-state index contributed by atoms with van der Waals surface area (Å²) in [5.74, 6) is 2.28. The molecule has 3 rings (SSSR count). The van der Waals surface area contributed by atoms with Crippen molar-refractivity contribution in [2.45, 2.75) is 32.2 Å². The Bertz CT molecular complexity index is 631. The zero-order chi connectivity index (χ0) is 13.1. The minimum absolute atomic E-state index is 0.496. The predicted molar refractivity (Wildman–Crippen MR) is 69.8 cm³/mol. The van der Waals surface area contributed by atoms with Crippen LogP contribution >= 0.6 is 0 Å². The van der Waals surface area contributed by atoms with E-state index < -0.39 is 0 Å². The van der Waals surface area contributed by atoms with Crippen molar-refractivity contribution in [2.75, 3.05) is 0 Å². The van der Waals surface area contributed by atoms with E-state index >= 15 is 0 Å². The number of rotatable bonds is 2. The number of hydrogen-bond donors (Lipinski definition) is 0. The van der Waals surface area contributed by atoms with Crippen molar-refractivity contribution in [3.05, 3.63) is 35.8 Å². The maximum absolute atomic E-state index is 9.33. The lowest BCUT2D eigenvalue weighted by atomic mass is 10.2. The van der Waals surface area contributed by atoms with Crippen LogP contribution in [0.4, 0.5) is 0 Å². The smallest absolute Gasteiger partial charge is 0.174 e. The van der Waals surface area contributed by atoms with Crippen LogP contribution in [0.5, 0.6) is 0 Å². The van der Waals surface area contributed by atoms with Gasteiger partial charge in [-0.25, -0.2) is 0 Å². The molecule has 1 aliphatic heterocycles. The first-order chi connectivity index (χ1) is 9.38. The third-order valence-electron chi connectivity index (χ3n) is 3.30. The topological polar surface area (TPSA) is 67.6 Å². The second-order valence-electron chi connectivity index (χ2n) is 4.59. The number of nitrogens with zero attached hydrogens (tertiary/aromatic N) is 4. The number of aromatic nitrogens is 3. The number of hydrogen-bond acceptors (Lipinski definition) is 4. The Morgan fingerprint density at radius 3 is 3.11 bits per heavy atom. The van der Waals surface area contributed by atoms with E-state index in [1.54, 1.807) is 18.4 Å². The first-order valence-electron chi connectivity index (χ1n) is 6.46. The average Bonchev–Trinajstić information content (AvgIpc) is 3.01. The second-order valence-corrected chi connectivity index (χ2v) is 4.59. The van der Waals surface area contributed by atoms with E-state index in [1.807, 2.05) is 6.07 Å². The lowest BCUT2D eigenvalue weighted by molar-refractivity contribution is 0.557. The highest BCUT2D eigenvalue weighted by molar-refractivity contribution is 5.86. The Labute approximate surface area is 111 Å². The first kappa shape index (κ1) is 11.7. The third kappa shape index (κ3) is 2.29. The zero-order valence-electron chi connectivity index (χ0n) is 10.5. The van der Waals surface area contributed by atoms with Gasteiger partial charge in [-0.1, -0.05) is 6.42 Å². The van der Waals surface area contributed by atoms with Crippen molar-refractivity contribution < 1.29 is 4.42 Å². The quantitative estimate of drug-likeness (QED) is 0.773. The normalized spacial score (nSPS) is 15.6. The fraction of sp³-hybridized carbons (Fsp3) is 0.357. The molecule has 2 aromatic heterocycles. The van der Waals surface area contributed by atoms with Gasteiger partial charge in [0.2, 0.25) is 0 Å². The van der Waals surface area contributed by atoms with Crippen molar-refractivity contribution in [3.63, 3.8) is 0 Å². The maximum atomic E-state index is 9.33. The Kier molecular flexibility index (Phi) is 3.15. The molecule has 96 valence electrons. The second kappa shape index (κ2) is 5.11. The molecule has 1 aliphatic rings. The summed E-state index contributed by atoms with van der Waals surface area (Å²) in [5.41, 5.74) is 0.496. The summed E-state index contributed by atoms with van der Waals surface area (Å²) in [6, 6.07) is 5.80. The third-order valence-corrected chi connectivity index (χ3v) is 3.30. The lowest BCUT2D eigenvalue weighted by Gasteiger charge is -2.05. The van der Waals surface area contributed by atoms with Crippen LogP contribution in [-0.4, -0.2) is 14.8 Å². The molecule has 0 unspecified atom stereocenters. The molecular weight excluding hydrogens is 240 g/mol. The van der Waals surface area contributed by atoms with Crippen molar-refractivity contribution in [1.82, 2.24) is 14.8 Å². The summed E-state index contributed by atoms with van der Waals surface area (Å²) >= 11 is 0. The van der Waals surface area contributed by atoms with Gasteiger partial charge in [0, 0.05) is 19.0 Å². The van der Waals surface area contributed by atoms with E-state index in [-0.39, 0.29) is 0 Å². The highest BCUT2D eigenvalue weighted by Gasteiger charge is 2.17. The Morgan fingerprint density at radius 2 is 2.32 bits per heavy atom. The zero-order valence-corrected chi connectivity index (χ0v) is 10.5. The van der Waals surface area contributed by atoms with Gasteiger partial charge in [0.15, 0.2) is 5.82 Å². The largest absolute Gasteiger partial charge is 0.465 e. The number of allylic oxidation sites excluding steroid dienone is 1. The molecule has 0 aromatic carbocycles. The van der Waals surface area contributed by atoms with Crippen molar-refractivity contribution in [2.24, 2.45) is 0 Å². The van der Waals surface area contributed by atoms with E-state index in [0.29, 0.717) is 17.2 Å². The van der Waals surface area contributed by atoms with Crippen LogP contribution in [0, 0.1) is 11.3 Å². The monoisotopic (exact) mass is 254 g/mol. The highest BCUT2D eigenvalue weighted by atomic mass is 16.3. The van der Waals surface area contributed by atoms with E-state index in [2.05, 4.69) is 20.8 Å². The minimum Gasteiger partial charge on any atom is -0.465 e. The van der Waals surface area contributed by atoms with Crippen molar-refractivity contribution in [1.29, 1.82) is 5.26 Å². The Hall–Kier alpha value is -2.35. The fourth-order valence-corrected chi connectivity index (χ4v) is 2.35. The first-order valence-corrected chi connectivity index (χ1v) is 6.46. The van der Waals surface area contributed by atoms with E-state index in [9.17, 15) is 5.26 Å². The van der Waals surface area contributed by atoms with E-state index in [4.69, 9.17) is 4.42 Å². The molecule has 5 heteroatoms. The summed E-state index contributed by atoms with van der Waals surface area (Å²) in [4.78, 5) is 0. The molecule has 3 heterocycles. The van der Waals surface area contributed by atoms with Crippen molar-refractivity contribution >= 4 is 11.6 Å².